The third kappa shape index (κ3) is 2.98. The summed E-state index contributed by atoms with van der Waals surface area (Å²) < 4.78 is 0.775. The first-order valence-corrected chi connectivity index (χ1v) is 8.36. The fourth-order valence-electron chi connectivity index (χ4n) is 2.58. The van der Waals surface area contributed by atoms with Crippen LogP contribution < -0.4 is 0 Å². The molecule has 108 valence electrons. The van der Waals surface area contributed by atoms with Gasteiger partial charge in [0.1, 0.15) is 4.32 Å². The van der Waals surface area contributed by atoms with Crippen molar-refractivity contribution in [3.8, 4) is 0 Å². The molecule has 1 aliphatic rings. The number of hydrogen-bond donors (Lipinski definition) is 1. The van der Waals surface area contributed by atoms with Crippen LogP contribution in [0.2, 0.25) is 0 Å². The minimum Gasteiger partial charge on any atom is -0.366 e. The van der Waals surface area contributed by atoms with Crippen LogP contribution in [0.5, 0.6) is 0 Å². The Morgan fingerprint density at radius 2 is 1.67 bits per heavy atom. The molecule has 1 saturated heterocycles. The van der Waals surface area contributed by atoms with Crippen LogP contribution in [0.15, 0.2) is 60.7 Å². The van der Waals surface area contributed by atoms with E-state index in [0.717, 1.165) is 22.8 Å². The smallest absolute Gasteiger partial charge is 0.175 e. The molecule has 4 heteroatoms. The van der Waals surface area contributed by atoms with Crippen LogP contribution in [-0.4, -0.2) is 26.6 Å². The van der Waals surface area contributed by atoms with Crippen LogP contribution in [0.1, 0.15) is 11.1 Å². The van der Waals surface area contributed by atoms with E-state index in [1.54, 1.807) is 11.8 Å². The number of thiocarbonyl (C=S) groups is 1. The zero-order valence-electron chi connectivity index (χ0n) is 11.6. The van der Waals surface area contributed by atoms with Gasteiger partial charge in [0.05, 0.1) is 5.75 Å². The van der Waals surface area contributed by atoms with Crippen LogP contribution in [0.3, 0.4) is 0 Å². The monoisotopic (exact) mass is 315 g/mol. The van der Waals surface area contributed by atoms with Gasteiger partial charge in [-0.3, -0.25) is 0 Å². The average Bonchev–Trinajstić information content (AvgIpc) is 2.83. The molecule has 21 heavy (non-hydrogen) atoms. The maximum Gasteiger partial charge on any atom is 0.175 e. The van der Waals surface area contributed by atoms with Crippen molar-refractivity contribution in [1.82, 2.24) is 4.90 Å². The summed E-state index contributed by atoms with van der Waals surface area (Å²) in [5.74, 6) is 0.588. The fraction of sp³-hybridized carbons (Fsp3) is 0.235. The Kier molecular flexibility index (Phi) is 4.29. The van der Waals surface area contributed by atoms with Crippen molar-refractivity contribution < 1.29 is 5.11 Å². The van der Waals surface area contributed by atoms with Crippen LogP contribution in [0.25, 0.3) is 0 Å². The third-order valence-corrected chi connectivity index (χ3v) is 5.36. The minimum atomic E-state index is -0.988. The molecule has 1 fully saturated rings. The predicted molar refractivity (Wildman–Crippen MR) is 92.2 cm³/mol. The number of rotatable bonds is 4. The summed E-state index contributed by atoms with van der Waals surface area (Å²) >= 11 is 6.98. The molecule has 2 aromatic rings. The van der Waals surface area contributed by atoms with Crippen LogP contribution in [0.4, 0.5) is 0 Å². The summed E-state index contributed by atoms with van der Waals surface area (Å²) in [6, 6.07) is 20.1. The lowest BCUT2D eigenvalue weighted by molar-refractivity contribution is -0.0460. The summed E-state index contributed by atoms with van der Waals surface area (Å²) in [7, 11) is 0. The number of thioether (sulfide) groups is 1. The van der Waals surface area contributed by atoms with Crippen molar-refractivity contribution in [2.45, 2.75) is 12.1 Å². The molecule has 0 radical (unpaired) electrons. The molecule has 0 bridgehead atoms. The second-order valence-electron chi connectivity index (χ2n) is 5.12. The number of nitrogens with zero attached hydrogens (tertiary/aromatic N) is 1. The maximum absolute atomic E-state index is 11.1. The van der Waals surface area contributed by atoms with Crippen LogP contribution in [0, 0.1) is 0 Å². The van der Waals surface area contributed by atoms with Gasteiger partial charge >= 0.3 is 0 Å². The van der Waals surface area contributed by atoms with E-state index in [2.05, 4.69) is 12.1 Å². The molecule has 0 aromatic heterocycles. The first kappa shape index (κ1) is 14.6. The molecule has 1 aliphatic heterocycles. The van der Waals surface area contributed by atoms with E-state index in [0.29, 0.717) is 5.75 Å². The van der Waals surface area contributed by atoms with Crippen molar-refractivity contribution in [2.24, 2.45) is 0 Å². The normalized spacial score (nSPS) is 21.8. The second-order valence-corrected chi connectivity index (χ2v) is 6.73. The van der Waals surface area contributed by atoms with Gasteiger partial charge in [0.25, 0.3) is 0 Å². The van der Waals surface area contributed by atoms with Gasteiger partial charge in [-0.05, 0) is 12.0 Å². The molecule has 1 unspecified atom stereocenters. The molecule has 2 nitrogen and oxygen atoms in total. The highest BCUT2D eigenvalue weighted by atomic mass is 32.2. The first-order chi connectivity index (χ1) is 10.2. The van der Waals surface area contributed by atoms with Gasteiger partial charge in [0, 0.05) is 12.1 Å². The topological polar surface area (TPSA) is 23.5 Å². The Labute approximate surface area is 134 Å². The highest BCUT2D eigenvalue weighted by Gasteiger charge is 2.43. The van der Waals surface area contributed by atoms with Gasteiger partial charge in [-0.2, -0.15) is 0 Å². The Bertz CT molecular complexity index is 617. The lowest BCUT2D eigenvalue weighted by atomic mass is 10.0. The van der Waals surface area contributed by atoms with Gasteiger partial charge in [-0.15, -0.1) is 0 Å². The van der Waals surface area contributed by atoms with Gasteiger partial charge in [0.2, 0.25) is 0 Å². The molecular formula is C17H17NOS2. The molecule has 1 heterocycles. The van der Waals surface area contributed by atoms with Gasteiger partial charge < -0.3 is 10.0 Å². The quantitative estimate of drug-likeness (QED) is 0.874. The van der Waals surface area contributed by atoms with E-state index in [-0.39, 0.29) is 0 Å². The Morgan fingerprint density at radius 1 is 1.05 bits per heavy atom. The van der Waals surface area contributed by atoms with E-state index >= 15 is 0 Å². The van der Waals surface area contributed by atoms with Crippen LogP contribution >= 0.6 is 24.0 Å². The summed E-state index contributed by atoms with van der Waals surface area (Å²) in [5, 5.41) is 11.1. The van der Waals surface area contributed by atoms with Crippen LogP contribution in [-0.2, 0) is 12.1 Å². The van der Waals surface area contributed by atoms with E-state index in [4.69, 9.17) is 12.2 Å². The Hall–Kier alpha value is -1.36. The van der Waals surface area contributed by atoms with Gasteiger partial charge in [0.15, 0.2) is 5.72 Å². The second kappa shape index (κ2) is 6.18. The molecular weight excluding hydrogens is 298 g/mol. The fourth-order valence-corrected chi connectivity index (χ4v) is 4.04. The minimum absolute atomic E-state index is 0.588. The Balaban J connectivity index is 1.80. The summed E-state index contributed by atoms with van der Waals surface area (Å²) in [6.45, 7) is 0.723. The standard InChI is InChI=1S/C17H17NOS2/c19-17(15-9-5-2-6-10-15)13-21-16(20)18(17)12-11-14-7-3-1-4-8-14/h1-10,19H,11-13H2. The third-order valence-electron chi connectivity index (χ3n) is 3.77. The Morgan fingerprint density at radius 3 is 2.33 bits per heavy atom. The predicted octanol–water partition coefficient (Wildman–Crippen LogP) is 3.41. The van der Waals surface area contributed by atoms with E-state index < -0.39 is 5.72 Å². The van der Waals surface area contributed by atoms with Crippen molar-refractivity contribution in [3.05, 3.63) is 71.8 Å². The molecule has 1 atom stereocenters. The average molecular weight is 315 g/mol. The van der Waals surface area contributed by atoms with E-state index in [1.807, 2.05) is 53.4 Å². The highest BCUT2D eigenvalue weighted by molar-refractivity contribution is 8.23. The molecule has 1 N–H and O–H groups in total. The number of hydrogen-bond acceptors (Lipinski definition) is 3. The maximum atomic E-state index is 11.1. The van der Waals surface area contributed by atoms with Crippen molar-refractivity contribution >= 4 is 28.3 Å². The number of aliphatic hydroxyl groups is 1. The van der Waals surface area contributed by atoms with Gasteiger partial charge in [-0.1, -0.05) is 84.6 Å². The van der Waals surface area contributed by atoms with Crippen molar-refractivity contribution in [2.75, 3.05) is 12.3 Å². The zero-order chi connectivity index (χ0) is 14.7. The first-order valence-electron chi connectivity index (χ1n) is 6.96. The van der Waals surface area contributed by atoms with E-state index in [9.17, 15) is 5.11 Å². The lowest BCUT2D eigenvalue weighted by Crippen LogP contribution is -2.45. The highest BCUT2D eigenvalue weighted by Crippen LogP contribution is 2.38. The molecule has 2 aromatic carbocycles. The van der Waals surface area contributed by atoms with Crippen molar-refractivity contribution in [3.63, 3.8) is 0 Å². The van der Waals surface area contributed by atoms with Gasteiger partial charge in [-0.25, -0.2) is 0 Å². The SMILES string of the molecule is OC1(c2ccccc2)CSC(=S)N1CCc1ccccc1. The zero-order valence-corrected chi connectivity index (χ0v) is 13.2. The molecule has 0 saturated carbocycles. The van der Waals surface area contributed by atoms with E-state index in [1.165, 1.54) is 5.56 Å². The molecule has 0 aliphatic carbocycles. The molecule has 0 spiro atoms. The lowest BCUT2D eigenvalue weighted by Gasteiger charge is -2.34. The summed E-state index contributed by atoms with van der Waals surface area (Å²) in [6.07, 6.45) is 0.872. The summed E-state index contributed by atoms with van der Waals surface area (Å²) in [5.41, 5.74) is 1.18. The summed E-state index contributed by atoms with van der Waals surface area (Å²) in [4.78, 5) is 1.95. The number of benzene rings is 2. The largest absolute Gasteiger partial charge is 0.366 e. The molecule has 3 rings (SSSR count). The van der Waals surface area contributed by atoms with Crippen molar-refractivity contribution in [1.29, 1.82) is 0 Å². The molecule has 0 amide bonds.